The van der Waals surface area contributed by atoms with E-state index in [1.54, 1.807) is 0 Å². The van der Waals surface area contributed by atoms with Crippen molar-refractivity contribution in [1.82, 2.24) is 4.90 Å². The molecule has 4 heteroatoms. The topological polar surface area (TPSA) is 43.8 Å². The summed E-state index contributed by atoms with van der Waals surface area (Å²) in [4.78, 5) is 15.3. The van der Waals surface area contributed by atoms with Crippen LogP contribution >= 0.6 is 0 Å². The van der Waals surface area contributed by atoms with Gasteiger partial charge >= 0.3 is 5.97 Å². The Morgan fingerprint density at radius 2 is 1.95 bits per heavy atom. The van der Waals surface area contributed by atoms with Crippen molar-refractivity contribution >= 4 is 11.7 Å². The molecule has 4 nitrogen and oxygen atoms in total. The Bertz CT molecular complexity index is 400. The lowest BCUT2D eigenvalue weighted by Crippen LogP contribution is -2.46. The molecule has 1 aromatic carbocycles. The van der Waals surface area contributed by atoms with Crippen molar-refractivity contribution < 1.29 is 9.90 Å². The smallest absolute Gasteiger partial charge is 0.317 e. The number of hydrogen-bond donors (Lipinski definition) is 1. The van der Waals surface area contributed by atoms with Gasteiger partial charge in [0, 0.05) is 24.8 Å². The number of piperidine rings is 1. The fourth-order valence-corrected chi connectivity index (χ4v) is 2.80. The quantitative estimate of drug-likeness (QED) is 0.882. The first kappa shape index (κ1) is 13.9. The van der Waals surface area contributed by atoms with E-state index in [2.05, 4.69) is 34.1 Å². The standard InChI is InChI=1S/C15H22N2O2/c1-2-16(12-15(18)19)14-8-10-17(11-9-14)13-6-4-3-5-7-13/h3-7,14H,2,8-12H2,1H3,(H,18,19). The number of rotatable bonds is 5. The normalized spacial score (nSPS) is 16.8. The van der Waals surface area contributed by atoms with E-state index in [0.29, 0.717) is 6.04 Å². The largest absolute Gasteiger partial charge is 0.480 e. The maximum absolute atomic E-state index is 10.8. The molecule has 19 heavy (non-hydrogen) atoms. The van der Waals surface area contributed by atoms with Crippen LogP contribution in [0.1, 0.15) is 19.8 Å². The molecule has 104 valence electrons. The molecule has 1 heterocycles. The van der Waals surface area contributed by atoms with Crippen molar-refractivity contribution in [2.45, 2.75) is 25.8 Å². The zero-order valence-electron chi connectivity index (χ0n) is 11.5. The third-order valence-corrected chi connectivity index (χ3v) is 3.85. The van der Waals surface area contributed by atoms with E-state index in [-0.39, 0.29) is 6.54 Å². The third kappa shape index (κ3) is 3.70. The second kappa shape index (κ2) is 6.57. The number of likely N-dealkylation sites (N-methyl/N-ethyl adjacent to an activating group) is 1. The Morgan fingerprint density at radius 1 is 1.32 bits per heavy atom. The Labute approximate surface area is 114 Å². The maximum atomic E-state index is 10.8. The minimum atomic E-state index is -0.729. The van der Waals surface area contributed by atoms with Crippen LogP contribution in [0.2, 0.25) is 0 Å². The fourth-order valence-electron chi connectivity index (χ4n) is 2.80. The molecule has 0 radical (unpaired) electrons. The molecule has 1 aromatic rings. The van der Waals surface area contributed by atoms with Gasteiger partial charge in [-0.1, -0.05) is 25.1 Å². The zero-order chi connectivity index (χ0) is 13.7. The van der Waals surface area contributed by atoms with Crippen LogP contribution in [-0.2, 0) is 4.79 Å². The average molecular weight is 262 g/mol. The fraction of sp³-hybridized carbons (Fsp3) is 0.533. The Balaban J connectivity index is 1.89. The zero-order valence-corrected chi connectivity index (χ0v) is 11.5. The first-order valence-corrected chi connectivity index (χ1v) is 6.96. The molecule has 1 aliphatic rings. The van der Waals surface area contributed by atoms with E-state index in [4.69, 9.17) is 5.11 Å². The van der Waals surface area contributed by atoms with Crippen LogP contribution in [0.4, 0.5) is 5.69 Å². The molecular formula is C15H22N2O2. The van der Waals surface area contributed by atoms with Gasteiger partial charge in [-0.15, -0.1) is 0 Å². The lowest BCUT2D eigenvalue weighted by atomic mass is 10.0. The Hall–Kier alpha value is -1.55. The number of nitrogens with zero attached hydrogens (tertiary/aromatic N) is 2. The summed E-state index contributed by atoms with van der Waals surface area (Å²) in [6.45, 7) is 5.01. The van der Waals surface area contributed by atoms with Crippen LogP contribution in [0.5, 0.6) is 0 Å². The van der Waals surface area contributed by atoms with Gasteiger partial charge in [-0.3, -0.25) is 9.69 Å². The lowest BCUT2D eigenvalue weighted by molar-refractivity contribution is -0.139. The SMILES string of the molecule is CCN(CC(=O)O)C1CCN(c2ccccc2)CC1. The highest BCUT2D eigenvalue weighted by Gasteiger charge is 2.24. The minimum absolute atomic E-state index is 0.159. The second-order valence-corrected chi connectivity index (χ2v) is 5.01. The molecule has 2 rings (SSSR count). The van der Waals surface area contributed by atoms with E-state index in [9.17, 15) is 4.79 Å². The summed E-state index contributed by atoms with van der Waals surface area (Å²) >= 11 is 0. The van der Waals surface area contributed by atoms with Gasteiger partial charge in [0.05, 0.1) is 6.54 Å². The van der Waals surface area contributed by atoms with Crippen LogP contribution in [-0.4, -0.2) is 48.2 Å². The highest BCUT2D eigenvalue weighted by Crippen LogP contribution is 2.22. The van der Waals surface area contributed by atoms with Crippen LogP contribution in [0.25, 0.3) is 0 Å². The van der Waals surface area contributed by atoms with Gasteiger partial charge in [-0.25, -0.2) is 0 Å². The molecule has 1 saturated heterocycles. The first-order chi connectivity index (χ1) is 9.20. The molecule has 0 amide bonds. The molecule has 0 bridgehead atoms. The van der Waals surface area contributed by atoms with Gasteiger partial charge in [-0.2, -0.15) is 0 Å². The van der Waals surface area contributed by atoms with Gasteiger partial charge in [0.25, 0.3) is 0 Å². The monoisotopic (exact) mass is 262 g/mol. The van der Waals surface area contributed by atoms with Gasteiger partial charge < -0.3 is 10.0 Å². The highest BCUT2D eigenvalue weighted by molar-refractivity contribution is 5.69. The summed E-state index contributed by atoms with van der Waals surface area (Å²) in [5.74, 6) is -0.729. The summed E-state index contributed by atoms with van der Waals surface area (Å²) in [5.41, 5.74) is 1.27. The number of aliphatic carboxylic acids is 1. The number of carboxylic acids is 1. The molecular weight excluding hydrogens is 240 g/mol. The van der Waals surface area contributed by atoms with Crippen molar-refractivity contribution in [2.24, 2.45) is 0 Å². The van der Waals surface area contributed by atoms with Crippen LogP contribution < -0.4 is 4.90 Å². The van der Waals surface area contributed by atoms with E-state index in [1.807, 2.05) is 13.0 Å². The van der Waals surface area contributed by atoms with Crippen LogP contribution in [0, 0.1) is 0 Å². The molecule has 1 fully saturated rings. The molecule has 0 saturated carbocycles. The van der Waals surface area contributed by atoms with Crippen molar-refractivity contribution in [2.75, 3.05) is 31.1 Å². The predicted octanol–water partition coefficient (Wildman–Crippen LogP) is 2.06. The number of hydrogen-bond acceptors (Lipinski definition) is 3. The Kier molecular flexibility index (Phi) is 4.80. The minimum Gasteiger partial charge on any atom is -0.480 e. The Morgan fingerprint density at radius 3 is 2.47 bits per heavy atom. The van der Waals surface area contributed by atoms with E-state index >= 15 is 0 Å². The van der Waals surface area contributed by atoms with Gasteiger partial charge in [0.2, 0.25) is 0 Å². The number of anilines is 1. The predicted molar refractivity (Wildman–Crippen MR) is 76.6 cm³/mol. The third-order valence-electron chi connectivity index (χ3n) is 3.85. The second-order valence-electron chi connectivity index (χ2n) is 5.01. The highest BCUT2D eigenvalue weighted by atomic mass is 16.4. The molecule has 1 N–H and O–H groups in total. The van der Waals surface area contributed by atoms with E-state index in [1.165, 1.54) is 5.69 Å². The molecule has 0 aliphatic carbocycles. The van der Waals surface area contributed by atoms with Crippen molar-refractivity contribution in [3.8, 4) is 0 Å². The van der Waals surface area contributed by atoms with Crippen molar-refractivity contribution in [1.29, 1.82) is 0 Å². The molecule has 0 atom stereocenters. The summed E-state index contributed by atoms with van der Waals surface area (Å²) in [6.07, 6.45) is 2.08. The summed E-state index contributed by atoms with van der Waals surface area (Å²) in [7, 11) is 0. The maximum Gasteiger partial charge on any atom is 0.317 e. The lowest BCUT2D eigenvalue weighted by Gasteiger charge is -2.38. The first-order valence-electron chi connectivity index (χ1n) is 6.96. The molecule has 0 unspecified atom stereocenters. The number of para-hydroxylation sites is 1. The van der Waals surface area contributed by atoms with E-state index < -0.39 is 5.97 Å². The molecule has 1 aliphatic heterocycles. The average Bonchev–Trinajstić information content (AvgIpc) is 2.46. The molecule has 0 spiro atoms. The van der Waals surface area contributed by atoms with Gasteiger partial charge in [0.1, 0.15) is 0 Å². The van der Waals surface area contributed by atoms with E-state index in [0.717, 1.165) is 32.5 Å². The number of carbonyl (C=O) groups is 1. The van der Waals surface area contributed by atoms with Crippen LogP contribution in [0.3, 0.4) is 0 Å². The van der Waals surface area contributed by atoms with Crippen molar-refractivity contribution in [3.63, 3.8) is 0 Å². The van der Waals surface area contributed by atoms with Gasteiger partial charge in [0.15, 0.2) is 0 Å². The summed E-state index contributed by atoms with van der Waals surface area (Å²) in [6, 6.07) is 10.8. The van der Waals surface area contributed by atoms with Gasteiger partial charge in [-0.05, 0) is 31.5 Å². The summed E-state index contributed by atoms with van der Waals surface area (Å²) in [5, 5.41) is 8.92. The number of benzene rings is 1. The number of carboxylic acid groups (broad SMARTS) is 1. The van der Waals surface area contributed by atoms with Crippen LogP contribution in [0.15, 0.2) is 30.3 Å². The summed E-state index contributed by atoms with van der Waals surface area (Å²) < 4.78 is 0. The van der Waals surface area contributed by atoms with Crippen molar-refractivity contribution in [3.05, 3.63) is 30.3 Å². The molecule has 0 aromatic heterocycles.